The van der Waals surface area contributed by atoms with Gasteiger partial charge in [-0.2, -0.15) is 0 Å². The molecule has 0 radical (unpaired) electrons. The molecule has 6 nitrogen and oxygen atoms in total. The highest BCUT2D eigenvalue weighted by Gasteiger charge is 2.21. The Morgan fingerprint density at radius 3 is 2.59 bits per heavy atom. The molecule has 0 saturated heterocycles. The summed E-state index contributed by atoms with van der Waals surface area (Å²) in [4.78, 5) is 23.8. The minimum atomic E-state index is -1.18. The molecule has 0 unspecified atom stereocenters. The van der Waals surface area contributed by atoms with Crippen LogP contribution < -0.4 is 5.32 Å². The molecule has 0 aromatic carbocycles. The highest BCUT2D eigenvalue weighted by atomic mass is 16.4. The molecule has 0 rings (SSSR count). The number of nitrogens with zero attached hydrogens (tertiary/aromatic N) is 1. The molecule has 0 bridgehead atoms. The number of urea groups is 1. The SMILES string of the molecule is C#CCN(CCC)C(=O)N[C@H](CCO)C(=O)O. The average molecular weight is 242 g/mol. The van der Waals surface area contributed by atoms with Crippen LogP contribution in [0.2, 0.25) is 0 Å². The third-order valence-electron chi connectivity index (χ3n) is 2.08. The van der Waals surface area contributed by atoms with Gasteiger partial charge in [0.15, 0.2) is 0 Å². The van der Waals surface area contributed by atoms with E-state index in [2.05, 4.69) is 11.2 Å². The second-order valence-corrected chi connectivity index (χ2v) is 3.48. The number of aliphatic carboxylic acids is 1. The van der Waals surface area contributed by atoms with Crippen LogP contribution in [0.15, 0.2) is 0 Å². The van der Waals surface area contributed by atoms with Gasteiger partial charge < -0.3 is 20.4 Å². The maximum absolute atomic E-state index is 11.7. The van der Waals surface area contributed by atoms with E-state index in [1.807, 2.05) is 6.92 Å². The number of carbonyl (C=O) groups is 2. The van der Waals surface area contributed by atoms with Crippen molar-refractivity contribution in [3.8, 4) is 12.3 Å². The van der Waals surface area contributed by atoms with Crippen molar-refractivity contribution >= 4 is 12.0 Å². The molecular weight excluding hydrogens is 224 g/mol. The van der Waals surface area contributed by atoms with E-state index in [0.717, 1.165) is 6.42 Å². The monoisotopic (exact) mass is 242 g/mol. The van der Waals surface area contributed by atoms with E-state index >= 15 is 0 Å². The molecule has 0 aromatic rings. The molecule has 0 heterocycles. The van der Waals surface area contributed by atoms with Gasteiger partial charge in [-0.15, -0.1) is 6.42 Å². The molecule has 0 aliphatic carbocycles. The molecule has 0 aliphatic heterocycles. The minimum absolute atomic E-state index is 0.0307. The topological polar surface area (TPSA) is 89.9 Å². The number of rotatable bonds is 7. The molecule has 0 spiro atoms. The summed E-state index contributed by atoms with van der Waals surface area (Å²) < 4.78 is 0. The fraction of sp³-hybridized carbons (Fsp3) is 0.636. The van der Waals surface area contributed by atoms with Crippen LogP contribution >= 0.6 is 0 Å². The first-order valence-corrected chi connectivity index (χ1v) is 5.39. The third-order valence-corrected chi connectivity index (χ3v) is 2.08. The largest absolute Gasteiger partial charge is 0.480 e. The lowest BCUT2D eigenvalue weighted by atomic mass is 10.2. The predicted molar refractivity (Wildman–Crippen MR) is 62.4 cm³/mol. The summed E-state index contributed by atoms with van der Waals surface area (Å²) in [7, 11) is 0. The Balaban J connectivity index is 4.45. The Labute approximate surface area is 101 Å². The molecule has 3 N–H and O–H groups in total. The highest BCUT2D eigenvalue weighted by Crippen LogP contribution is 1.97. The molecule has 1 atom stereocenters. The number of amides is 2. The van der Waals surface area contributed by atoms with Crippen molar-refractivity contribution in [2.75, 3.05) is 19.7 Å². The van der Waals surface area contributed by atoms with Crippen molar-refractivity contribution < 1.29 is 19.8 Å². The van der Waals surface area contributed by atoms with Crippen molar-refractivity contribution in [3.63, 3.8) is 0 Å². The average Bonchev–Trinajstić information content (AvgIpc) is 2.28. The first-order chi connectivity index (χ1) is 8.06. The van der Waals surface area contributed by atoms with Crippen LogP contribution in [0, 0.1) is 12.3 Å². The molecule has 17 heavy (non-hydrogen) atoms. The highest BCUT2D eigenvalue weighted by molar-refractivity contribution is 5.82. The van der Waals surface area contributed by atoms with Crippen LogP contribution in [0.3, 0.4) is 0 Å². The van der Waals surface area contributed by atoms with E-state index in [1.165, 1.54) is 4.90 Å². The Hall–Kier alpha value is -1.74. The van der Waals surface area contributed by atoms with Crippen LogP contribution in [0.1, 0.15) is 19.8 Å². The third kappa shape index (κ3) is 5.78. The Bertz CT molecular complexity index is 298. The van der Waals surface area contributed by atoms with Gasteiger partial charge >= 0.3 is 12.0 Å². The number of aliphatic hydroxyl groups excluding tert-OH is 1. The van der Waals surface area contributed by atoms with Crippen LogP contribution in [-0.4, -0.2) is 52.9 Å². The van der Waals surface area contributed by atoms with E-state index in [4.69, 9.17) is 16.6 Å². The number of nitrogens with one attached hydrogen (secondary N) is 1. The predicted octanol–water partition coefficient (Wildman–Crippen LogP) is -0.123. The first-order valence-electron chi connectivity index (χ1n) is 5.39. The fourth-order valence-electron chi connectivity index (χ4n) is 1.26. The Morgan fingerprint density at radius 1 is 1.53 bits per heavy atom. The zero-order chi connectivity index (χ0) is 13.3. The molecule has 0 aliphatic rings. The van der Waals surface area contributed by atoms with Crippen molar-refractivity contribution in [1.82, 2.24) is 10.2 Å². The molecule has 96 valence electrons. The summed E-state index contributed by atoms with van der Waals surface area (Å²) >= 11 is 0. The summed E-state index contributed by atoms with van der Waals surface area (Å²) in [5.74, 6) is 1.16. The van der Waals surface area contributed by atoms with Gasteiger partial charge in [0.25, 0.3) is 0 Å². The lowest BCUT2D eigenvalue weighted by molar-refractivity contribution is -0.139. The number of carboxylic acid groups (broad SMARTS) is 1. The van der Waals surface area contributed by atoms with Gasteiger partial charge in [-0.05, 0) is 6.42 Å². The van der Waals surface area contributed by atoms with Crippen molar-refractivity contribution in [1.29, 1.82) is 0 Å². The first kappa shape index (κ1) is 15.3. The quantitative estimate of drug-likeness (QED) is 0.543. The van der Waals surface area contributed by atoms with Crippen LogP contribution in [0.4, 0.5) is 4.79 Å². The number of carboxylic acids is 1. The standard InChI is InChI=1S/C11H18N2O4/c1-3-6-13(7-4-2)11(17)12-9(5-8-14)10(15)16/h1,9,14H,4-8H2,2H3,(H,12,17)(H,15,16)/t9-/m1/s1. The van der Waals surface area contributed by atoms with E-state index in [9.17, 15) is 9.59 Å². The van der Waals surface area contributed by atoms with Gasteiger partial charge in [0.1, 0.15) is 6.04 Å². The number of carbonyl (C=O) groups excluding carboxylic acids is 1. The van der Waals surface area contributed by atoms with Crippen LogP contribution in [0.5, 0.6) is 0 Å². The van der Waals surface area contributed by atoms with Crippen molar-refractivity contribution in [2.24, 2.45) is 0 Å². The van der Waals surface area contributed by atoms with Crippen molar-refractivity contribution in [2.45, 2.75) is 25.8 Å². The molecule has 0 saturated carbocycles. The Morgan fingerprint density at radius 2 is 2.18 bits per heavy atom. The smallest absolute Gasteiger partial charge is 0.326 e. The van der Waals surface area contributed by atoms with Gasteiger partial charge in [0, 0.05) is 19.6 Å². The molecule has 0 fully saturated rings. The summed E-state index contributed by atoms with van der Waals surface area (Å²) in [5, 5.41) is 19.8. The number of hydrogen-bond donors (Lipinski definition) is 3. The number of aliphatic hydroxyl groups is 1. The fourth-order valence-corrected chi connectivity index (χ4v) is 1.26. The molecular formula is C11H18N2O4. The molecule has 0 aromatic heterocycles. The lowest BCUT2D eigenvalue weighted by Crippen LogP contribution is -2.48. The zero-order valence-electron chi connectivity index (χ0n) is 9.85. The van der Waals surface area contributed by atoms with Gasteiger partial charge in [-0.1, -0.05) is 12.8 Å². The summed E-state index contributed by atoms with van der Waals surface area (Å²) in [6.45, 7) is 2.17. The van der Waals surface area contributed by atoms with E-state index in [0.29, 0.717) is 6.54 Å². The normalized spacial score (nSPS) is 11.4. The van der Waals surface area contributed by atoms with Gasteiger partial charge in [-0.3, -0.25) is 0 Å². The van der Waals surface area contributed by atoms with Gasteiger partial charge in [0.05, 0.1) is 6.54 Å². The van der Waals surface area contributed by atoms with Gasteiger partial charge in [0.2, 0.25) is 0 Å². The Kier molecular flexibility index (Phi) is 7.55. The van der Waals surface area contributed by atoms with Crippen LogP contribution in [-0.2, 0) is 4.79 Å². The van der Waals surface area contributed by atoms with E-state index in [1.54, 1.807) is 0 Å². The van der Waals surface area contributed by atoms with Crippen LogP contribution in [0.25, 0.3) is 0 Å². The van der Waals surface area contributed by atoms with Crippen molar-refractivity contribution in [3.05, 3.63) is 0 Å². The number of hydrogen-bond acceptors (Lipinski definition) is 3. The second-order valence-electron chi connectivity index (χ2n) is 3.48. The second kappa shape index (κ2) is 8.42. The minimum Gasteiger partial charge on any atom is -0.480 e. The summed E-state index contributed by atoms with van der Waals surface area (Å²) in [5.41, 5.74) is 0. The summed E-state index contributed by atoms with van der Waals surface area (Å²) in [6.07, 6.45) is 5.82. The van der Waals surface area contributed by atoms with Gasteiger partial charge in [-0.25, -0.2) is 9.59 Å². The number of terminal acetylenes is 1. The maximum Gasteiger partial charge on any atom is 0.326 e. The van der Waals surface area contributed by atoms with E-state index in [-0.39, 0.29) is 19.6 Å². The zero-order valence-corrected chi connectivity index (χ0v) is 9.85. The summed E-state index contributed by atoms with van der Waals surface area (Å²) in [6, 6.07) is -1.62. The lowest BCUT2D eigenvalue weighted by Gasteiger charge is -2.22. The maximum atomic E-state index is 11.7. The molecule has 6 heteroatoms. The van der Waals surface area contributed by atoms with E-state index < -0.39 is 18.0 Å². The molecule has 2 amide bonds.